The van der Waals surface area contributed by atoms with E-state index in [1.165, 1.54) is 5.56 Å². The first-order valence-corrected chi connectivity index (χ1v) is 7.41. The molecule has 116 valence electrons. The lowest BCUT2D eigenvalue weighted by Crippen LogP contribution is -2.41. The van der Waals surface area contributed by atoms with Crippen molar-refractivity contribution in [2.75, 3.05) is 33.9 Å². The fourth-order valence-electron chi connectivity index (χ4n) is 2.58. The van der Waals surface area contributed by atoms with Gasteiger partial charge in [0, 0.05) is 13.1 Å². The SMILES string of the molecule is CCCNCC(=O)N1CCc2cc(OC)c(OC)cc2C1. The molecule has 1 aliphatic heterocycles. The predicted molar refractivity (Wildman–Crippen MR) is 81.8 cm³/mol. The van der Waals surface area contributed by atoms with Crippen molar-refractivity contribution in [2.24, 2.45) is 0 Å². The lowest BCUT2D eigenvalue weighted by atomic mass is 9.98. The summed E-state index contributed by atoms with van der Waals surface area (Å²) in [5, 5.41) is 3.16. The molecule has 5 nitrogen and oxygen atoms in total. The molecular weight excluding hydrogens is 268 g/mol. The molecule has 1 N–H and O–H groups in total. The van der Waals surface area contributed by atoms with E-state index >= 15 is 0 Å². The summed E-state index contributed by atoms with van der Waals surface area (Å²) in [5.74, 6) is 1.62. The van der Waals surface area contributed by atoms with Gasteiger partial charge in [-0.05, 0) is 42.6 Å². The number of nitrogens with zero attached hydrogens (tertiary/aromatic N) is 1. The van der Waals surface area contributed by atoms with Gasteiger partial charge >= 0.3 is 0 Å². The number of methoxy groups -OCH3 is 2. The number of fused-ring (bicyclic) bond motifs is 1. The number of nitrogens with one attached hydrogen (secondary N) is 1. The largest absolute Gasteiger partial charge is 0.493 e. The summed E-state index contributed by atoms with van der Waals surface area (Å²) in [7, 11) is 3.27. The molecule has 0 atom stereocenters. The number of amides is 1. The van der Waals surface area contributed by atoms with Gasteiger partial charge in [-0.15, -0.1) is 0 Å². The molecule has 5 heteroatoms. The zero-order valence-electron chi connectivity index (χ0n) is 13.1. The van der Waals surface area contributed by atoms with Crippen LogP contribution in [0.15, 0.2) is 12.1 Å². The number of ether oxygens (including phenoxy) is 2. The van der Waals surface area contributed by atoms with Crippen LogP contribution in [-0.4, -0.2) is 44.7 Å². The number of hydrogen-bond acceptors (Lipinski definition) is 4. The van der Waals surface area contributed by atoms with Crippen molar-refractivity contribution in [3.8, 4) is 11.5 Å². The Balaban J connectivity index is 2.07. The molecule has 1 aromatic carbocycles. The molecule has 0 aromatic heterocycles. The number of carbonyl (C=O) groups is 1. The van der Waals surface area contributed by atoms with E-state index < -0.39 is 0 Å². The first kappa shape index (κ1) is 15.6. The van der Waals surface area contributed by atoms with Gasteiger partial charge in [0.1, 0.15) is 0 Å². The van der Waals surface area contributed by atoms with Crippen LogP contribution < -0.4 is 14.8 Å². The second kappa shape index (κ2) is 7.31. The van der Waals surface area contributed by atoms with Crippen LogP contribution in [0.3, 0.4) is 0 Å². The molecule has 0 spiro atoms. The molecule has 2 rings (SSSR count). The zero-order valence-corrected chi connectivity index (χ0v) is 13.1. The van der Waals surface area contributed by atoms with Crippen molar-refractivity contribution >= 4 is 5.91 Å². The second-order valence-electron chi connectivity index (χ2n) is 5.22. The Labute approximate surface area is 126 Å². The highest BCUT2D eigenvalue weighted by Gasteiger charge is 2.22. The van der Waals surface area contributed by atoms with E-state index in [9.17, 15) is 4.79 Å². The lowest BCUT2D eigenvalue weighted by molar-refractivity contribution is -0.131. The topological polar surface area (TPSA) is 50.8 Å². The molecule has 0 radical (unpaired) electrons. The first-order chi connectivity index (χ1) is 10.2. The van der Waals surface area contributed by atoms with Crippen LogP contribution in [0.5, 0.6) is 11.5 Å². The van der Waals surface area contributed by atoms with Gasteiger partial charge in [0.25, 0.3) is 0 Å². The van der Waals surface area contributed by atoms with Crippen LogP contribution in [0.4, 0.5) is 0 Å². The Bertz CT molecular complexity index is 503. The number of carbonyl (C=O) groups excluding carboxylic acids is 1. The second-order valence-corrected chi connectivity index (χ2v) is 5.22. The maximum absolute atomic E-state index is 12.2. The number of benzene rings is 1. The molecule has 1 aromatic rings. The van der Waals surface area contributed by atoms with Crippen LogP contribution in [0.2, 0.25) is 0 Å². The molecule has 0 aliphatic carbocycles. The average molecular weight is 292 g/mol. The Morgan fingerprint density at radius 1 is 1.24 bits per heavy atom. The Morgan fingerprint density at radius 3 is 2.52 bits per heavy atom. The standard InChI is InChI=1S/C16H24N2O3/c1-4-6-17-10-16(19)18-7-5-12-8-14(20-2)15(21-3)9-13(12)11-18/h8-9,17H,4-7,10-11H2,1-3H3. The van der Waals surface area contributed by atoms with Gasteiger partial charge in [-0.2, -0.15) is 0 Å². The Kier molecular flexibility index (Phi) is 5.44. The minimum atomic E-state index is 0.156. The summed E-state index contributed by atoms with van der Waals surface area (Å²) in [5.41, 5.74) is 2.38. The van der Waals surface area contributed by atoms with E-state index in [1.807, 2.05) is 17.0 Å². The molecule has 1 amide bonds. The van der Waals surface area contributed by atoms with E-state index in [0.717, 1.165) is 43.0 Å². The first-order valence-electron chi connectivity index (χ1n) is 7.41. The van der Waals surface area contributed by atoms with Gasteiger partial charge in [-0.1, -0.05) is 6.92 Å². The number of rotatable bonds is 6. The molecule has 0 unspecified atom stereocenters. The van der Waals surface area contributed by atoms with E-state index in [1.54, 1.807) is 14.2 Å². The van der Waals surface area contributed by atoms with Crippen LogP contribution in [0.1, 0.15) is 24.5 Å². The molecule has 0 fully saturated rings. The smallest absolute Gasteiger partial charge is 0.236 e. The van der Waals surface area contributed by atoms with E-state index in [-0.39, 0.29) is 5.91 Å². The van der Waals surface area contributed by atoms with Crippen LogP contribution in [-0.2, 0) is 17.8 Å². The van der Waals surface area contributed by atoms with E-state index in [2.05, 4.69) is 12.2 Å². The molecule has 21 heavy (non-hydrogen) atoms. The van der Waals surface area contributed by atoms with Crippen molar-refractivity contribution in [2.45, 2.75) is 26.3 Å². The van der Waals surface area contributed by atoms with Crippen molar-refractivity contribution < 1.29 is 14.3 Å². The Hall–Kier alpha value is -1.75. The summed E-state index contributed by atoms with van der Waals surface area (Å²) in [4.78, 5) is 14.1. The third-order valence-corrected chi connectivity index (χ3v) is 3.77. The summed E-state index contributed by atoms with van der Waals surface area (Å²) in [6, 6.07) is 4.00. The van der Waals surface area contributed by atoms with Gasteiger partial charge in [-0.25, -0.2) is 0 Å². The third-order valence-electron chi connectivity index (χ3n) is 3.77. The van der Waals surface area contributed by atoms with Crippen LogP contribution in [0, 0.1) is 0 Å². The van der Waals surface area contributed by atoms with Gasteiger partial charge in [0.15, 0.2) is 11.5 Å². The van der Waals surface area contributed by atoms with Crippen molar-refractivity contribution in [1.29, 1.82) is 0 Å². The van der Waals surface area contributed by atoms with Gasteiger partial charge in [0.2, 0.25) is 5.91 Å². The Morgan fingerprint density at radius 2 is 1.90 bits per heavy atom. The van der Waals surface area contributed by atoms with Gasteiger partial charge < -0.3 is 19.7 Å². The number of hydrogen-bond donors (Lipinski definition) is 1. The molecular formula is C16H24N2O3. The minimum Gasteiger partial charge on any atom is -0.493 e. The fourth-order valence-corrected chi connectivity index (χ4v) is 2.58. The van der Waals surface area contributed by atoms with Crippen molar-refractivity contribution in [3.63, 3.8) is 0 Å². The van der Waals surface area contributed by atoms with Crippen molar-refractivity contribution in [3.05, 3.63) is 23.3 Å². The lowest BCUT2D eigenvalue weighted by Gasteiger charge is -2.29. The molecule has 1 heterocycles. The fraction of sp³-hybridized carbons (Fsp3) is 0.562. The van der Waals surface area contributed by atoms with Crippen LogP contribution >= 0.6 is 0 Å². The highest BCUT2D eigenvalue weighted by Crippen LogP contribution is 2.33. The van der Waals surface area contributed by atoms with E-state index in [0.29, 0.717) is 13.1 Å². The molecule has 0 saturated heterocycles. The zero-order chi connectivity index (χ0) is 15.2. The highest BCUT2D eigenvalue weighted by atomic mass is 16.5. The maximum Gasteiger partial charge on any atom is 0.236 e. The van der Waals surface area contributed by atoms with E-state index in [4.69, 9.17) is 9.47 Å². The summed E-state index contributed by atoms with van der Waals surface area (Å²) < 4.78 is 10.7. The van der Waals surface area contributed by atoms with Crippen LogP contribution in [0.25, 0.3) is 0 Å². The maximum atomic E-state index is 12.2. The minimum absolute atomic E-state index is 0.156. The quantitative estimate of drug-likeness (QED) is 0.809. The molecule has 0 saturated carbocycles. The van der Waals surface area contributed by atoms with Crippen molar-refractivity contribution in [1.82, 2.24) is 10.2 Å². The summed E-state index contributed by atoms with van der Waals surface area (Å²) in [6.07, 6.45) is 1.89. The summed E-state index contributed by atoms with van der Waals surface area (Å²) >= 11 is 0. The highest BCUT2D eigenvalue weighted by molar-refractivity contribution is 5.78. The third kappa shape index (κ3) is 3.67. The van der Waals surface area contributed by atoms with Gasteiger partial charge in [-0.3, -0.25) is 4.79 Å². The summed E-state index contributed by atoms with van der Waals surface area (Å²) in [6.45, 7) is 4.78. The predicted octanol–water partition coefficient (Wildman–Crippen LogP) is 1.59. The average Bonchev–Trinajstić information content (AvgIpc) is 2.52. The van der Waals surface area contributed by atoms with Gasteiger partial charge in [0.05, 0.1) is 20.8 Å². The normalized spacial score (nSPS) is 13.8. The molecule has 0 bridgehead atoms. The monoisotopic (exact) mass is 292 g/mol. The molecule has 1 aliphatic rings.